The molecule has 0 spiro atoms. The molecule has 2 aromatic rings. The van der Waals surface area contributed by atoms with E-state index in [0.29, 0.717) is 31.7 Å². The van der Waals surface area contributed by atoms with Crippen LogP contribution in [-0.4, -0.2) is 46.9 Å². The third-order valence-electron chi connectivity index (χ3n) is 4.19. The predicted octanol–water partition coefficient (Wildman–Crippen LogP) is 2.12. The van der Waals surface area contributed by atoms with Crippen LogP contribution in [0, 0.1) is 17.0 Å². The number of non-ortho nitro benzene ring substituents is 1. The minimum Gasteiger partial charge on any atom is -0.367 e. The van der Waals surface area contributed by atoms with Gasteiger partial charge in [0.15, 0.2) is 5.52 Å². The first-order chi connectivity index (χ1) is 11.0. The number of hydrogen-bond acceptors (Lipinski definition) is 5. The van der Waals surface area contributed by atoms with E-state index in [2.05, 4.69) is 9.88 Å². The second kappa shape index (κ2) is 5.83. The molecular weight excluding hydrogens is 296 g/mol. The molecule has 1 amide bonds. The number of aryl methyl sites for hydroxylation is 1. The number of hydrogen-bond donors (Lipinski definition) is 0. The maximum Gasteiger partial charge on any atom is 0.295 e. The Labute approximate surface area is 133 Å². The maximum atomic E-state index is 11.5. The zero-order chi connectivity index (χ0) is 16.6. The Bertz CT molecular complexity index is 782. The molecule has 7 nitrogen and oxygen atoms in total. The molecule has 1 aromatic heterocycles. The Morgan fingerprint density at radius 3 is 2.57 bits per heavy atom. The van der Waals surface area contributed by atoms with Crippen LogP contribution in [-0.2, 0) is 4.79 Å². The SMILES string of the molecule is CC(=O)N1CCN(c2cc(C)nc3c([N+](=O)[O-])cccc23)CC1. The van der Waals surface area contributed by atoms with Gasteiger partial charge in [-0.2, -0.15) is 0 Å². The number of benzene rings is 1. The lowest BCUT2D eigenvalue weighted by atomic mass is 10.1. The van der Waals surface area contributed by atoms with Crippen LogP contribution in [0.3, 0.4) is 0 Å². The van der Waals surface area contributed by atoms with Crippen molar-refractivity contribution >= 4 is 28.2 Å². The van der Waals surface area contributed by atoms with E-state index in [1.807, 2.05) is 24.0 Å². The molecule has 0 atom stereocenters. The predicted molar refractivity (Wildman–Crippen MR) is 87.6 cm³/mol. The van der Waals surface area contributed by atoms with Gasteiger partial charge in [0, 0.05) is 55.9 Å². The Kier molecular flexibility index (Phi) is 3.85. The van der Waals surface area contributed by atoms with Gasteiger partial charge in [0.1, 0.15) is 0 Å². The molecule has 7 heteroatoms. The molecule has 0 saturated carbocycles. The summed E-state index contributed by atoms with van der Waals surface area (Å²) in [6.07, 6.45) is 0. The summed E-state index contributed by atoms with van der Waals surface area (Å²) in [7, 11) is 0. The van der Waals surface area contributed by atoms with Gasteiger partial charge in [-0.1, -0.05) is 12.1 Å². The molecule has 0 N–H and O–H groups in total. The minimum absolute atomic E-state index is 0.0230. The van der Waals surface area contributed by atoms with E-state index in [1.54, 1.807) is 13.0 Å². The van der Waals surface area contributed by atoms with Crippen LogP contribution in [0.2, 0.25) is 0 Å². The molecule has 120 valence electrons. The molecule has 1 aliphatic rings. The van der Waals surface area contributed by atoms with Crippen LogP contribution in [0.5, 0.6) is 0 Å². The highest BCUT2D eigenvalue weighted by molar-refractivity contribution is 5.97. The molecule has 2 heterocycles. The van der Waals surface area contributed by atoms with E-state index in [-0.39, 0.29) is 11.6 Å². The van der Waals surface area contributed by atoms with E-state index in [4.69, 9.17) is 0 Å². The van der Waals surface area contributed by atoms with Gasteiger partial charge in [0.25, 0.3) is 5.69 Å². The molecule has 0 aliphatic carbocycles. The van der Waals surface area contributed by atoms with Crippen molar-refractivity contribution < 1.29 is 9.72 Å². The molecule has 1 aromatic carbocycles. The topological polar surface area (TPSA) is 79.6 Å². The second-order valence-electron chi connectivity index (χ2n) is 5.71. The number of nitro groups is 1. The number of nitro benzene ring substituents is 1. The van der Waals surface area contributed by atoms with Crippen molar-refractivity contribution in [2.24, 2.45) is 0 Å². The fraction of sp³-hybridized carbons (Fsp3) is 0.375. The minimum atomic E-state index is -0.397. The smallest absolute Gasteiger partial charge is 0.295 e. The Hall–Kier alpha value is -2.70. The van der Waals surface area contributed by atoms with E-state index >= 15 is 0 Å². The van der Waals surface area contributed by atoms with E-state index in [0.717, 1.165) is 16.8 Å². The Morgan fingerprint density at radius 1 is 1.26 bits per heavy atom. The van der Waals surface area contributed by atoms with Crippen molar-refractivity contribution in [2.45, 2.75) is 13.8 Å². The Balaban J connectivity index is 2.03. The average Bonchev–Trinajstić information content (AvgIpc) is 2.53. The van der Waals surface area contributed by atoms with Crippen molar-refractivity contribution in [3.8, 4) is 0 Å². The number of nitrogens with zero attached hydrogens (tertiary/aromatic N) is 4. The lowest BCUT2D eigenvalue weighted by molar-refractivity contribution is -0.383. The number of fused-ring (bicyclic) bond motifs is 1. The van der Waals surface area contributed by atoms with Gasteiger partial charge < -0.3 is 9.80 Å². The highest BCUT2D eigenvalue weighted by Gasteiger charge is 2.22. The van der Waals surface area contributed by atoms with Gasteiger partial charge >= 0.3 is 0 Å². The van der Waals surface area contributed by atoms with Crippen molar-refractivity contribution in [2.75, 3.05) is 31.1 Å². The highest BCUT2D eigenvalue weighted by Crippen LogP contribution is 2.32. The molecule has 0 unspecified atom stereocenters. The Morgan fingerprint density at radius 2 is 1.96 bits per heavy atom. The number of anilines is 1. The number of piperazine rings is 1. The number of carbonyl (C=O) groups excluding carboxylic acids is 1. The summed E-state index contributed by atoms with van der Waals surface area (Å²) in [6, 6.07) is 6.98. The van der Waals surface area contributed by atoms with Gasteiger partial charge in [0.2, 0.25) is 5.91 Å². The maximum absolute atomic E-state index is 11.5. The third-order valence-corrected chi connectivity index (χ3v) is 4.19. The largest absolute Gasteiger partial charge is 0.367 e. The van der Waals surface area contributed by atoms with E-state index in [9.17, 15) is 14.9 Å². The van der Waals surface area contributed by atoms with Gasteiger partial charge in [-0.25, -0.2) is 4.98 Å². The molecule has 1 aliphatic heterocycles. The highest BCUT2D eigenvalue weighted by atomic mass is 16.6. The number of aromatic nitrogens is 1. The summed E-state index contributed by atoms with van der Waals surface area (Å²) >= 11 is 0. The first-order valence-corrected chi connectivity index (χ1v) is 7.52. The van der Waals surface area contributed by atoms with Crippen molar-refractivity contribution in [3.63, 3.8) is 0 Å². The molecule has 1 saturated heterocycles. The number of para-hydroxylation sites is 1. The van der Waals surface area contributed by atoms with E-state index < -0.39 is 4.92 Å². The first kappa shape index (κ1) is 15.2. The van der Waals surface area contributed by atoms with Gasteiger partial charge in [-0.05, 0) is 13.0 Å². The summed E-state index contributed by atoms with van der Waals surface area (Å²) in [5, 5.41) is 12.0. The number of carbonyl (C=O) groups is 1. The lowest BCUT2D eigenvalue weighted by Gasteiger charge is -2.36. The zero-order valence-electron chi connectivity index (χ0n) is 13.2. The molecular formula is C16H18N4O3. The zero-order valence-corrected chi connectivity index (χ0v) is 13.2. The molecule has 23 heavy (non-hydrogen) atoms. The molecule has 0 bridgehead atoms. The van der Waals surface area contributed by atoms with Crippen molar-refractivity contribution in [1.82, 2.24) is 9.88 Å². The fourth-order valence-electron chi connectivity index (χ4n) is 3.01. The van der Waals surface area contributed by atoms with Crippen LogP contribution < -0.4 is 4.90 Å². The second-order valence-corrected chi connectivity index (χ2v) is 5.71. The summed E-state index contributed by atoms with van der Waals surface area (Å²) in [5.74, 6) is 0.0797. The lowest BCUT2D eigenvalue weighted by Crippen LogP contribution is -2.48. The van der Waals surface area contributed by atoms with E-state index in [1.165, 1.54) is 6.07 Å². The quantitative estimate of drug-likeness (QED) is 0.626. The molecule has 1 fully saturated rings. The van der Waals surface area contributed by atoms with Crippen molar-refractivity contribution in [3.05, 3.63) is 40.1 Å². The molecule has 0 radical (unpaired) electrons. The number of amides is 1. The van der Waals surface area contributed by atoms with Crippen molar-refractivity contribution in [1.29, 1.82) is 0 Å². The van der Waals surface area contributed by atoms with Gasteiger partial charge in [-0.15, -0.1) is 0 Å². The van der Waals surface area contributed by atoms with Crippen LogP contribution in [0.15, 0.2) is 24.3 Å². The average molecular weight is 314 g/mol. The third kappa shape index (κ3) is 2.81. The first-order valence-electron chi connectivity index (χ1n) is 7.52. The summed E-state index contributed by atoms with van der Waals surface area (Å²) in [6.45, 7) is 6.15. The summed E-state index contributed by atoms with van der Waals surface area (Å²) in [5.41, 5.74) is 2.13. The van der Waals surface area contributed by atoms with Crippen LogP contribution in [0.4, 0.5) is 11.4 Å². The molecule has 3 rings (SSSR count). The summed E-state index contributed by atoms with van der Waals surface area (Å²) in [4.78, 5) is 30.6. The van der Waals surface area contributed by atoms with Crippen LogP contribution in [0.1, 0.15) is 12.6 Å². The van der Waals surface area contributed by atoms with Crippen LogP contribution in [0.25, 0.3) is 10.9 Å². The standard InChI is InChI=1S/C16H18N4O3/c1-11-10-15(19-8-6-18(7-9-19)12(2)21)13-4-3-5-14(20(22)23)16(13)17-11/h3-5,10H,6-9H2,1-2H3. The number of rotatable bonds is 2. The van der Waals surface area contributed by atoms with Crippen LogP contribution >= 0.6 is 0 Å². The monoisotopic (exact) mass is 314 g/mol. The number of pyridine rings is 1. The summed E-state index contributed by atoms with van der Waals surface area (Å²) < 4.78 is 0. The normalized spacial score (nSPS) is 15.0. The fourth-order valence-corrected chi connectivity index (χ4v) is 3.01. The van der Waals surface area contributed by atoms with Gasteiger partial charge in [-0.3, -0.25) is 14.9 Å². The van der Waals surface area contributed by atoms with Gasteiger partial charge in [0.05, 0.1) is 4.92 Å².